The second kappa shape index (κ2) is 6.23. The van der Waals surface area contributed by atoms with Crippen LogP contribution in [0.25, 0.3) is 0 Å². The Balaban J connectivity index is 1.63. The normalized spacial score (nSPS) is 17.8. The van der Waals surface area contributed by atoms with Crippen LogP contribution < -0.4 is 15.5 Å². The molecular formula is C16H23N7O2. The molecule has 3 rings (SSSR count). The number of amides is 3. The Kier molecular flexibility index (Phi) is 4.23. The molecule has 0 aromatic carbocycles. The highest BCUT2D eigenvalue weighted by Crippen LogP contribution is 2.21. The quantitative estimate of drug-likeness (QED) is 0.876. The molecule has 1 unspecified atom stereocenters. The molecule has 2 aromatic rings. The third-order valence-corrected chi connectivity index (χ3v) is 4.03. The molecule has 25 heavy (non-hydrogen) atoms. The maximum absolute atomic E-state index is 12.5. The Labute approximate surface area is 146 Å². The zero-order chi connectivity index (χ0) is 18.2. The minimum atomic E-state index is -0.550. The fourth-order valence-corrected chi connectivity index (χ4v) is 2.86. The number of nitrogens with one attached hydrogen (secondary N) is 2. The van der Waals surface area contributed by atoms with Gasteiger partial charge in [-0.2, -0.15) is 10.2 Å². The summed E-state index contributed by atoms with van der Waals surface area (Å²) in [6.45, 7) is 6.54. The van der Waals surface area contributed by atoms with Gasteiger partial charge in [0, 0.05) is 25.9 Å². The molecule has 9 heteroatoms. The van der Waals surface area contributed by atoms with Crippen LogP contribution in [-0.4, -0.2) is 44.1 Å². The van der Waals surface area contributed by atoms with Gasteiger partial charge in [-0.25, -0.2) is 9.48 Å². The molecule has 2 aromatic heterocycles. The standard InChI is InChI=1S/C16H23N7O2/c1-16(2,3)23-13(5-7-17-23)20-15(25)19-12-6-8-22(14(12)24)11-9-18-21(4)10-11/h5,7,9-10,12H,6,8H2,1-4H3,(H2,19,20,25). The molecular weight excluding hydrogens is 322 g/mol. The van der Waals surface area contributed by atoms with Gasteiger partial charge in [0.05, 0.1) is 23.6 Å². The van der Waals surface area contributed by atoms with Crippen LogP contribution in [0.2, 0.25) is 0 Å². The fourth-order valence-electron chi connectivity index (χ4n) is 2.86. The molecule has 3 heterocycles. The van der Waals surface area contributed by atoms with Gasteiger partial charge >= 0.3 is 6.03 Å². The predicted octanol–water partition coefficient (Wildman–Crippen LogP) is 1.30. The molecule has 0 saturated carbocycles. The van der Waals surface area contributed by atoms with E-state index in [0.717, 1.165) is 5.69 Å². The number of aryl methyl sites for hydroxylation is 1. The van der Waals surface area contributed by atoms with E-state index in [4.69, 9.17) is 0 Å². The number of carbonyl (C=O) groups is 2. The van der Waals surface area contributed by atoms with E-state index in [1.807, 2.05) is 20.8 Å². The van der Waals surface area contributed by atoms with E-state index >= 15 is 0 Å². The maximum Gasteiger partial charge on any atom is 0.321 e. The molecule has 1 aliphatic rings. The Morgan fingerprint density at radius 2 is 2.08 bits per heavy atom. The summed E-state index contributed by atoms with van der Waals surface area (Å²) < 4.78 is 3.37. The number of carbonyl (C=O) groups excluding carboxylic acids is 2. The fraction of sp³-hybridized carbons (Fsp3) is 0.500. The summed E-state index contributed by atoms with van der Waals surface area (Å²) in [5.74, 6) is 0.451. The second-order valence-electron chi connectivity index (χ2n) is 7.10. The maximum atomic E-state index is 12.5. The Morgan fingerprint density at radius 3 is 2.72 bits per heavy atom. The zero-order valence-electron chi connectivity index (χ0n) is 14.9. The summed E-state index contributed by atoms with van der Waals surface area (Å²) in [5, 5.41) is 13.8. The van der Waals surface area contributed by atoms with Crippen molar-refractivity contribution >= 4 is 23.4 Å². The molecule has 0 spiro atoms. The Morgan fingerprint density at radius 1 is 1.32 bits per heavy atom. The molecule has 1 aliphatic heterocycles. The summed E-state index contributed by atoms with van der Waals surface area (Å²) in [5.41, 5.74) is 0.481. The molecule has 1 saturated heterocycles. The van der Waals surface area contributed by atoms with Crippen LogP contribution in [0.3, 0.4) is 0 Å². The van der Waals surface area contributed by atoms with Crippen molar-refractivity contribution in [2.45, 2.75) is 38.8 Å². The summed E-state index contributed by atoms with van der Waals surface area (Å²) in [6, 6.07) is 0.757. The minimum absolute atomic E-state index is 0.132. The van der Waals surface area contributed by atoms with Crippen LogP contribution in [-0.2, 0) is 17.4 Å². The monoisotopic (exact) mass is 345 g/mol. The van der Waals surface area contributed by atoms with Crippen molar-refractivity contribution in [3.8, 4) is 0 Å². The summed E-state index contributed by atoms with van der Waals surface area (Å²) in [6.07, 6.45) is 5.61. The van der Waals surface area contributed by atoms with Crippen molar-refractivity contribution in [3.05, 3.63) is 24.7 Å². The van der Waals surface area contributed by atoms with Crippen LogP contribution in [0.5, 0.6) is 0 Å². The average Bonchev–Trinajstić information content (AvgIpc) is 3.21. The van der Waals surface area contributed by atoms with Crippen LogP contribution in [0, 0.1) is 0 Å². The molecule has 134 valence electrons. The van der Waals surface area contributed by atoms with Gasteiger partial charge in [-0.15, -0.1) is 0 Å². The topological polar surface area (TPSA) is 97.1 Å². The Hall–Kier alpha value is -2.84. The highest BCUT2D eigenvalue weighted by atomic mass is 16.2. The van der Waals surface area contributed by atoms with Gasteiger partial charge in [-0.05, 0) is 27.2 Å². The van der Waals surface area contributed by atoms with Gasteiger partial charge in [0.1, 0.15) is 11.9 Å². The van der Waals surface area contributed by atoms with Gasteiger partial charge < -0.3 is 10.2 Å². The van der Waals surface area contributed by atoms with Crippen LogP contribution in [0.4, 0.5) is 16.3 Å². The van der Waals surface area contributed by atoms with Crippen molar-refractivity contribution in [1.82, 2.24) is 24.9 Å². The number of rotatable bonds is 3. The molecule has 0 bridgehead atoms. The van der Waals surface area contributed by atoms with Crippen molar-refractivity contribution in [2.24, 2.45) is 7.05 Å². The molecule has 0 aliphatic carbocycles. The molecule has 1 atom stereocenters. The number of urea groups is 1. The van der Waals surface area contributed by atoms with Gasteiger partial charge in [0.15, 0.2) is 0 Å². The van der Waals surface area contributed by atoms with E-state index in [9.17, 15) is 9.59 Å². The van der Waals surface area contributed by atoms with Gasteiger partial charge in [0.25, 0.3) is 0 Å². The first kappa shape index (κ1) is 17.0. The highest BCUT2D eigenvalue weighted by molar-refractivity contribution is 6.02. The lowest BCUT2D eigenvalue weighted by Crippen LogP contribution is -2.44. The molecule has 2 N–H and O–H groups in total. The largest absolute Gasteiger partial charge is 0.326 e. The number of hydrogen-bond donors (Lipinski definition) is 2. The molecule has 3 amide bonds. The van der Waals surface area contributed by atoms with Gasteiger partial charge in [0.2, 0.25) is 5.91 Å². The number of hydrogen-bond acceptors (Lipinski definition) is 4. The zero-order valence-corrected chi connectivity index (χ0v) is 14.9. The van der Waals surface area contributed by atoms with Crippen molar-refractivity contribution in [2.75, 3.05) is 16.8 Å². The summed E-state index contributed by atoms with van der Waals surface area (Å²) >= 11 is 0. The van der Waals surface area contributed by atoms with E-state index in [1.54, 1.807) is 46.0 Å². The van der Waals surface area contributed by atoms with Gasteiger partial charge in [-0.3, -0.25) is 14.8 Å². The average molecular weight is 345 g/mol. The van der Waals surface area contributed by atoms with Crippen LogP contribution >= 0.6 is 0 Å². The van der Waals surface area contributed by atoms with E-state index < -0.39 is 12.1 Å². The summed E-state index contributed by atoms with van der Waals surface area (Å²) in [4.78, 5) is 26.4. The predicted molar refractivity (Wildman–Crippen MR) is 93.3 cm³/mol. The highest BCUT2D eigenvalue weighted by Gasteiger charge is 2.34. The van der Waals surface area contributed by atoms with Crippen LogP contribution in [0.15, 0.2) is 24.7 Å². The molecule has 9 nitrogen and oxygen atoms in total. The van der Waals surface area contributed by atoms with Crippen molar-refractivity contribution in [1.29, 1.82) is 0 Å². The Bertz CT molecular complexity index is 787. The van der Waals surface area contributed by atoms with E-state index in [-0.39, 0.29) is 11.4 Å². The second-order valence-corrected chi connectivity index (χ2v) is 7.10. The minimum Gasteiger partial charge on any atom is -0.326 e. The first-order valence-corrected chi connectivity index (χ1v) is 8.18. The third-order valence-electron chi connectivity index (χ3n) is 4.03. The smallest absolute Gasteiger partial charge is 0.321 e. The lowest BCUT2D eigenvalue weighted by Gasteiger charge is -2.22. The molecule has 1 fully saturated rings. The van der Waals surface area contributed by atoms with E-state index in [1.165, 1.54) is 0 Å². The van der Waals surface area contributed by atoms with Crippen molar-refractivity contribution < 1.29 is 9.59 Å². The summed E-state index contributed by atoms with van der Waals surface area (Å²) in [7, 11) is 1.80. The third kappa shape index (κ3) is 3.49. The van der Waals surface area contributed by atoms with Crippen LogP contribution in [0.1, 0.15) is 27.2 Å². The SMILES string of the molecule is Cn1cc(N2CCC(NC(=O)Nc3ccnn3C(C)(C)C)C2=O)cn1. The first-order valence-electron chi connectivity index (χ1n) is 8.18. The number of nitrogens with zero attached hydrogens (tertiary/aromatic N) is 5. The van der Waals surface area contributed by atoms with E-state index in [2.05, 4.69) is 20.8 Å². The number of anilines is 2. The lowest BCUT2D eigenvalue weighted by molar-refractivity contribution is -0.118. The van der Waals surface area contributed by atoms with Gasteiger partial charge in [-0.1, -0.05) is 0 Å². The first-order chi connectivity index (χ1) is 11.8. The van der Waals surface area contributed by atoms with E-state index in [0.29, 0.717) is 18.8 Å². The molecule has 0 radical (unpaired) electrons. The van der Waals surface area contributed by atoms with Crippen molar-refractivity contribution in [3.63, 3.8) is 0 Å². The number of aromatic nitrogens is 4. The lowest BCUT2D eigenvalue weighted by atomic mass is 10.1.